The summed E-state index contributed by atoms with van der Waals surface area (Å²) in [6.45, 7) is 2.16. The predicted octanol–water partition coefficient (Wildman–Crippen LogP) is 4.37. The number of hydrogen-bond donors (Lipinski definition) is 0. The molecule has 2 nitrogen and oxygen atoms in total. The van der Waals surface area contributed by atoms with Gasteiger partial charge in [0.15, 0.2) is 0 Å². The summed E-state index contributed by atoms with van der Waals surface area (Å²) in [4.78, 5) is 0. The molecule has 18 heavy (non-hydrogen) atoms. The molecule has 0 saturated heterocycles. The normalized spacial score (nSPS) is 11.7. The lowest BCUT2D eigenvalue weighted by molar-refractivity contribution is 0.385. The maximum absolute atomic E-state index is 5.46. The molecule has 0 fully saturated rings. The first-order valence-electron chi connectivity index (χ1n) is 6.02. The molecule has 1 atom stereocenters. The van der Waals surface area contributed by atoms with E-state index in [1.165, 1.54) is 0 Å². The molecule has 0 aliphatic carbocycles. The van der Waals surface area contributed by atoms with Crippen LogP contribution in [0.3, 0.4) is 0 Å². The lowest BCUT2D eigenvalue weighted by Crippen LogP contribution is -2.02. The minimum absolute atomic E-state index is 0.331. The number of benzene rings is 1. The molecule has 0 saturated carbocycles. The van der Waals surface area contributed by atoms with Crippen molar-refractivity contribution in [2.75, 3.05) is 14.2 Å². The lowest BCUT2D eigenvalue weighted by Gasteiger charge is -2.19. The molecule has 0 amide bonds. The summed E-state index contributed by atoms with van der Waals surface area (Å²) < 4.78 is 11.7. The van der Waals surface area contributed by atoms with E-state index in [9.17, 15) is 0 Å². The van der Waals surface area contributed by atoms with Gasteiger partial charge in [0.1, 0.15) is 11.5 Å². The number of methoxy groups -OCH3 is 2. The molecule has 0 bridgehead atoms. The molecular formula is C15H19BrO2. The Kier molecular flexibility index (Phi) is 6.07. The van der Waals surface area contributed by atoms with Crippen molar-refractivity contribution in [1.29, 1.82) is 0 Å². The summed E-state index contributed by atoms with van der Waals surface area (Å²) in [5, 5.41) is 0. The van der Waals surface area contributed by atoms with Gasteiger partial charge in [-0.1, -0.05) is 13.3 Å². The summed E-state index contributed by atoms with van der Waals surface area (Å²) in [7, 11) is 3.31. The average molecular weight is 311 g/mol. The van der Waals surface area contributed by atoms with E-state index < -0.39 is 0 Å². The number of ether oxygens (including phenoxy) is 2. The Hall–Kier alpha value is -1.14. The molecule has 1 aromatic carbocycles. The minimum Gasteiger partial charge on any atom is -0.496 e. The molecule has 3 heteroatoms. The van der Waals surface area contributed by atoms with E-state index in [1.807, 2.05) is 6.07 Å². The van der Waals surface area contributed by atoms with Gasteiger partial charge in [0.2, 0.25) is 0 Å². The molecular weight excluding hydrogens is 292 g/mol. The molecule has 1 aromatic rings. The maximum Gasteiger partial charge on any atom is 0.136 e. The zero-order chi connectivity index (χ0) is 13.5. The summed E-state index contributed by atoms with van der Waals surface area (Å²) in [5.41, 5.74) is 1.14. The molecule has 1 rings (SSSR count). The summed E-state index contributed by atoms with van der Waals surface area (Å²) >= 11 is 3.51. The Balaban J connectivity index is 3.20. The van der Waals surface area contributed by atoms with Crippen LogP contribution >= 0.6 is 15.9 Å². The van der Waals surface area contributed by atoms with Gasteiger partial charge in [0.05, 0.1) is 18.7 Å². The lowest BCUT2D eigenvalue weighted by atomic mass is 9.91. The Labute approximate surface area is 118 Å². The molecule has 0 N–H and O–H groups in total. The van der Waals surface area contributed by atoms with Gasteiger partial charge in [-0.3, -0.25) is 0 Å². The zero-order valence-corrected chi connectivity index (χ0v) is 12.7. The molecule has 1 unspecified atom stereocenters. The van der Waals surface area contributed by atoms with Crippen molar-refractivity contribution in [3.05, 3.63) is 22.2 Å². The molecule has 0 radical (unpaired) electrons. The van der Waals surface area contributed by atoms with Gasteiger partial charge in [-0.15, -0.1) is 12.3 Å². The quantitative estimate of drug-likeness (QED) is 0.726. The highest BCUT2D eigenvalue weighted by Gasteiger charge is 2.17. The Morgan fingerprint density at radius 2 is 1.94 bits per heavy atom. The second-order valence-electron chi connectivity index (χ2n) is 4.12. The van der Waals surface area contributed by atoms with Gasteiger partial charge in [0, 0.05) is 12.5 Å². The SMILES string of the molecule is C#CCC(CCC)c1cc(Br)c(OC)cc1OC. The van der Waals surface area contributed by atoms with Crippen molar-refractivity contribution in [3.63, 3.8) is 0 Å². The molecule has 0 spiro atoms. The van der Waals surface area contributed by atoms with Crippen molar-refractivity contribution in [2.24, 2.45) is 0 Å². The molecule has 0 aromatic heterocycles. The van der Waals surface area contributed by atoms with Gasteiger partial charge in [-0.25, -0.2) is 0 Å². The van der Waals surface area contributed by atoms with Crippen molar-refractivity contribution >= 4 is 15.9 Å². The van der Waals surface area contributed by atoms with Gasteiger partial charge in [-0.05, 0) is 39.9 Å². The predicted molar refractivity (Wildman–Crippen MR) is 78.3 cm³/mol. The first-order chi connectivity index (χ1) is 8.67. The van der Waals surface area contributed by atoms with Crippen LogP contribution in [0, 0.1) is 12.3 Å². The largest absolute Gasteiger partial charge is 0.496 e. The number of halogens is 1. The van der Waals surface area contributed by atoms with E-state index in [-0.39, 0.29) is 0 Å². The van der Waals surface area contributed by atoms with Crippen LogP contribution in [-0.2, 0) is 0 Å². The van der Waals surface area contributed by atoms with Crippen LogP contribution in [0.2, 0.25) is 0 Å². The smallest absolute Gasteiger partial charge is 0.136 e. The average Bonchev–Trinajstić information content (AvgIpc) is 2.38. The van der Waals surface area contributed by atoms with E-state index >= 15 is 0 Å². The third-order valence-corrected chi connectivity index (χ3v) is 3.57. The van der Waals surface area contributed by atoms with Crippen LogP contribution in [0.25, 0.3) is 0 Å². The number of terminal acetylenes is 1. The van der Waals surface area contributed by atoms with Crippen LogP contribution in [0.15, 0.2) is 16.6 Å². The highest BCUT2D eigenvalue weighted by atomic mass is 79.9. The molecule has 0 heterocycles. The van der Waals surface area contributed by atoms with Crippen molar-refractivity contribution in [1.82, 2.24) is 0 Å². The van der Waals surface area contributed by atoms with Gasteiger partial charge in [-0.2, -0.15) is 0 Å². The van der Waals surface area contributed by atoms with E-state index in [1.54, 1.807) is 14.2 Å². The van der Waals surface area contributed by atoms with Crippen LogP contribution < -0.4 is 9.47 Å². The fraction of sp³-hybridized carbons (Fsp3) is 0.467. The third-order valence-electron chi connectivity index (χ3n) is 2.95. The summed E-state index contributed by atoms with van der Waals surface area (Å²) in [6.07, 6.45) is 8.33. The second kappa shape index (κ2) is 7.33. The summed E-state index contributed by atoms with van der Waals surface area (Å²) in [6, 6.07) is 3.95. The van der Waals surface area contributed by atoms with E-state index in [0.717, 1.165) is 40.8 Å². The van der Waals surface area contributed by atoms with Gasteiger partial charge < -0.3 is 9.47 Å². The molecule has 0 aliphatic rings. The van der Waals surface area contributed by atoms with Crippen LogP contribution in [0.4, 0.5) is 0 Å². The van der Waals surface area contributed by atoms with Gasteiger partial charge >= 0.3 is 0 Å². The third kappa shape index (κ3) is 3.43. The minimum atomic E-state index is 0.331. The Bertz CT molecular complexity index is 435. The van der Waals surface area contributed by atoms with Crippen molar-refractivity contribution in [2.45, 2.75) is 32.1 Å². The monoisotopic (exact) mass is 310 g/mol. The first kappa shape index (κ1) is 14.9. The second-order valence-corrected chi connectivity index (χ2v) is 4.98. The maximum atomic E-state index is 5.46. The van der Waals surface area contributed by atoms with E-state index in [0.29, 0.717) is 5.92 Å². The van der Waals surface area contributed by atoms with Crippen molar-refractivity contribution < 1.29 is 9.47 Å². The highest BCUT2D eigenvalue weighted by Crippen LogP contribution is 2.39. The molecule has 98 valence electrons. The fourth-order valence-corrected chi connectivity index (χ4v) is 2.58. The first-order valence-corrected chi connectivity index (χ1v) is 6.82. The molecule has 0 aliphatic heterocycles. The van der Waals surface area contributed by atoms with Gasteiger partial charge in [0.25, 0.3) is 0 Å². The highest BCUT2D eigenvalue weighted by molar-refractivity contribution is 9.10. The van der Waals surface area contributed by atoms with Crippen LogP contribution in [-0.4, -0.2) is 14.2 Å². The fourth-order valence-electron chi connectivity index (χ4n) is 2.06. The Morgan fingerprint density at radius 1 is 1.28 bits per heavy atom. The Morgan fingerprint density at radius 3 is 2.44 bits per heavy atom. The van der Waals surface area contributed by atoms with Crippen LogP contribution in [0.1, 0.15) is 37.7 Å². The topological polar surface area (TPSA) is 18.5 Å². The number of rotatable bonds is 6. The standard InChI is InChI=1S/C15H19BrO2/c1-5-7-11(8-6-2)12-9-13(16)15(18-4)10-14(12)17-3/h1,9-11H,6-8H2,2-4H3. The van der Waals surface area contributed by atoms with E-state index in [2.05, 4.69) is 34.8 Å². The van der Waals surface area contributed by atoms with E-state index in [4.69, 9.17) is 15.9 Å². The zero-order valence-electron chi connectivity index (χ0n) is 11.1. The van der Waals surface area contributed by atoms with Crippen molar-refractivity contribution in [3.8, 4) is 23.8 Å². The summed E-state index contributed by atoms with van der Waals surface area (Å²) in [5.74, 6) is 4.69. The number of hydrogen-bond acceptors (Lipinski definition) is 2. The van der Waals surface area contributed by atoms with Crippen LogP contribution in [0.5, 0.6) is 11.5 Å².